The van der Waals surface area contributed by atoms with Crippen molar-refractivity contribution >= 4 is 34.2 Å². The Bertz CT molecular complexity index is 656. The predicted octanol–water partition coefficient (Wildman–Crippen LogP) is 4.83. The summed E-state index contributed by atoms with van der Waals surface area (Å²) in [4.78, 5) is 4.39. The topological polar surface area (TPSA) is 48.1 Å². The second-order valence-corrected chi connectivity index (χ2v) is 8.06. The van der Waals surface area contributed by atoms with Crippen molar-refractivity contribution in [2.45, 2.75) is 39.8 Å². The molecule has 0 aliphatic heterocycles. The minimum Gasteiger partial charge on any atom is -0.486 e. The van der Waals surface area contributed by atoms with Gasteiger partial charge in [0.15, 0.2) is 10.9 Å². The first-order chi connectivity index (χ1) is 10.8. The number of nitrogens with zero attached hydrogens (tertiary/aromatic N) is 1. The predicted molar refractivity (Wildman–Crippen MR) is 104 cm³/mol. The average molecular weight is 445 g/mol. The van der Waals surface area contributed by atoms with Crippen LogP contribution in [0.2, 0.25) is 5.15 Å². The molecular weight excluding hydrogens is 423 g/mol. The largest absolute Gasteiger partial charge is 0.486 e. The molecule has 0 fully saturated rings. The second-order valence-electron chi connectivity index (χ2n) is 6.68. The molecule has 1 aromatic heterocycles. The first kappa shape index (κ1) is 18.5. The highest BCUT2D eigenvalue weighted by Gasteiger charge is 2.22. The molecule has 2 N–H and O–H groups in total. The molecule has 23 heavy (non-hydrogen) atoms. The van der Waals surface area contributed by atoms with Crippen molar-refractivity contribution in [1.82, 2.24) is 4.98 Å². The van der Waals surface area contributed by atoms with Gasteiger partial charge in [-0.25, -0.2) is 4.98 Å². The van der Waals surface area contributed by atoms with E-state index in [0.717, 1.165) is 21.2 Å². The normalized spacial score (nSPS) is 13.0. The van der Waals surface area contributed by atoms with Crippen LogP contribution in [0.4, 0.5) is 0 Å². The van der Waals surface area contributed by atoms with Crippen LogP contribution in [0, 0.1) is 9.12 Å². The van der Waals surface area contributed by atoms with Gasteiger partial charge in [-0.1, -0.05) is 62.7 Å². The lowest BCUT2D eigenvalue weighted by atomic mass is 9.84. The highest BCUT2D eigenvalue weighted by molar-refractivity contribution is 14.1. The first-order valence-electron chi connectivity index (χ1n) is 7.54. The number of rotatable bonds is 5. The Hall–Kier alpha value is -0.850. The minimum absolute atomic E-state index is 0.0355. The Morgan fingerprint density at radius 3 is 2.52 bits per heavy atom. The van der Waals surface area contributed by atoms with E-state index in [9.17, 15) is 0 Å². The van der Waals surface area contributed by atoms with Crippen LogP contribution in [0.5, 0.6) is 5.75 Å². The van der Waals surface area contributed by atoms with Crippen molar-refractivity contribution in [1.29, 1.82) is 0 Å². The van der Waals surface area contributed by atoms with Crippen LogP contribution in [0.25, 0.3) is 0 Å². The molecule has 0 unspecified atom stereocenters. The van der Waals surface area contributed by atoms with E-state index in [1.54, 1.807) is 0 Å². The molecule has 0 saturated heterocycles. The van der Waals surface area contributed by atoms with Crippen molar-refractivity contribution in [3.63, 3.8) is 0 Å². The Balaban J connectivity index is 2.15. The standard InChI is InChI=1S/C18H22ClIN2O/c1-18(2,3)15(21)10-13-9-14(16(19)22-17(13)20)23-11-12-7-5-4-6-8-12/h4-9,15H,10-11,21H2,1-3H3/t15-/m0/s1. The van der Waals surface area contributed by atoms with Crippen LogP contribution < -0.4 is 10.5 Å². The zero-order valence-corrected chi connectivity index (χ0v) is 16.6. The van der Waals surface area contributed by atoms with Crippen LogP contribution in [0.3, 0.4) is 0 Å². The second kappa shape index (κ2) is 7.81. The van der Waals surface area contributed by atoms with E-state index in [0.29, 0.717) is 17.5 Å². The van der Waals surface area contributed by atoms with Gasteiger partial charge in [0.2, 0.25) is 0 Å². The Morgan fingerprint density at radius 2 is 1.91 bits per heavy atom. The van der Waals surface area contributed by atoms with E-state index in [4.69, 9.17) is 22.1 Å². The molecule has 0 aliphatic rings. The van der Waals surface area contributed by atoms with Crippen molar-refractivity contribution < 1.29 is 4.74 Å². The van der Waals surface area contributed by atoms with Crippen molar-refractivity contribution in [3.8, 4) is 5.75 Å². The van der Waals surface area contributed by atoms with Gasteiger partial charge in [-0.3, -0.25) is 0 Å². The van der Waals surface area contributed by atoms with Gasteiger partial charge in [-0.15, -0.1) is 0 Å². The minimum atomic E-state index is 0.0355. The summed E-state index contributed by atoms with van der Waals surface area (Å²) in [6, 6.07) is 12.0. The van der Waals surface area contributed by atoms with E-state index in [2.05, 4.69) is 48.3 Å². The third kappa shape index (κ3) is 5.33. The molecular formula is C18H22ClIN2O. The fourth-order valence-electron chi connectivity index (χ4n) is 2.01. The number of hydrogen-bond acceptors (Lipinski definition) is 3. The lowest BCUT2D eigenvalue weighted by Gasteiger charge is -2.27. The summed E-state index contributed by atoms with van der Waals surface area (Å²) in [6.07, 6.45) is 0.744. The number of hydrogen-bond donors (Lipinski definition) is 1. The molecule has 0 spiro atoms. The van der Waals surface area contributed by atoms with Gasteiger partial charge in [-0.2, -0.15) is 0 Å². The quantitative estimate of drug-likeness (QED) is 0.530. The lowest BCUT2D eigenvalue weighted by Crippen LogP contribution is -2.37. The molecule has 1 heterocycles. The van der Waals surface area contributed by atoms with Gasteiger partial charge in [0.05, 0.1) is 0 Å². The molecule has 0 bridgehead atoms. The highest BCUT2D eigenvalue weighted by atomic mass is 127. The van der Waals surface area contributed by atoms with E-state index >= 15 is 0 Å². The fourth-order valence-corrected chi connectivity index (χ4v) is 2.97. The summed E-state index contributed by atoms with van der Waals surface area (Å²) in [5, 5.41) is 0.387. The highest BCUT2D eigenvalue weighted by Crippen LogP contribution is 2.29. The molecule has 5 heteroatoms. The van der Waals surface area contributed by atoms with Gasteiger partial charge < -0.3 is 10.5 Å². The number of nitrogens with two attached hydrogens (primary N) is 1. The number of halogens is 2. The fraction of sp³-hybridized carbons (Fsp3) is 0.389. The van der Waals surface area contributed by atoms with Gasteiger partial charge in [0.25, 0.3) is 0 Å². The number of pyridine rings is 1. The Labute approximate surface area is 156 Å². The third-order valence-corrected chi connectivity index (χ3v) is 4.96. The third-order valence-electron chi connectivity index (χ3n) is 3.76. The summed E-state index contributed by atoms with van der Waals surface area (Å²) in [5.41, 5.74) is 8.50. The Morgan fingerprint density at radius 1 is 1.26 bits per heavy atom. The maximum atomic E-state index is 6.30. The molecule has 2 aromatic rings. The molecule has 3 nitrogen and oxygen atoms in total. The maximum absolute atomic E-state index is 6.30. The van der Waals surface area contributed by atoms with Crippen LogP contribution in [-0.4, -0.2) is 11.0 Å². The number of ether oxygens (including phenoxy) is 1. The SMILES string of the molecule is CC(C)(C)[C@@H](N)Cc1cc(OCc2ccccc2)c(Cl)nc1I. The van der Waals surface area contributed by atoms with Gasteiger partial charge >= 0.3 is 0 Å². The van der Waals surface area contributed by atoms with Crippen molar-refractivity contribution in [2.75, 3.05) is 0 Å². The number of aromatic nitrogens is 1. The van der Waals surface area contributed by atoms with E-state index in [-0.39, 0.29) is 11.5 Å². The molecule has 124 valence electrons. The van der Waals surface area contributed by atoms with Crippen LogP contribution in [0.15, 0.2) is 36.4 Å². The van der Waals surface area contributed by atoms with E-state index in [1.165, 1.54) is 0 Å². The summed E-state index contributed by atoms with van der Waals surface area (Å²) in [6.45, 7) is 6.88. The molecule has 1 atom stereocenters. The molecule has 0 amide bonds. The molecule has 2 rings (SSSR count). The van der Waals surface area contributed by atoms with Crippen molar-refractivity contribution in [2.24, 2.45) is 11.1 Å². The van der Waals surface area contributed by atoms with Crippen molar-refractivity contribution in [3.05, 3.63) is 56.4 Å². The summed E-state index contributed by atoms with van der Waals surface area (Å²) >= 11 is 8.42. The smallest absolute Gasteiger partial charge is 0.172 e. The molecule has 0 radical (unpaired) electrons. The zero-order valence-electron chi connectivity index (χ0n) is 13.6. The van der Waals surface area contributed by atoms with Gasteiger partial charge in [0.1, 0.15) is 10.3 Å². The number of benzene rings is 1. The van der Waals surface area contributed by atoms with E-state index in [1.807, 2.05) is 36.4 Å². The van der Waals surface area contributed by atoms with Crippen LogP contribution in [0.1, 0.15) is 31.9 Å². The average Bonchev–Trinajstić information content (AvgIpc) is 2.48. The van der Waals surface area contributed by atoms with E-state index < -0.39 is 0 Å². The summed E-state index contributed by atoms with van der Waals surface area (Å²) in [5.74, 6) is 0.604. The van der Waals surface area contributed by atoms with Crippen LogP contribution in [-0.2, 0) is 13.0 Å². The van der Waals surface area contributed by atoms with Gasteiger partial charge in [-0.05, 0) is 51.6 Å². The molecule has 1 aromatic carbocycles. The first-order valence-corrected chi connectivity index (χ1v) is 9.00. The maximum Gasteiger partial charge on any atom is 0.172 e. The van der Waals surface area contributed by atoms with Gasteiger partial charge in [0, 0.05) is 6.04 Å². The summed E-state index contributed by atoms with van der Waals surface area (Å²) in [7, 11) is 0. The monoisotopic (exact) mass is 444 g/mol. The zero-order chi connectivity index (χ0) is 17.0. The molecule has 0 saturated carbocycles. The summed E-state index contributed by atoms with van der Waals surface area (Å²) < 4.78 is 6.72. The van der Waals surface area contributed by atoms with Crippen LogP contribution >= 0.6 is 34.2 Å². The molecule has 0 aliphatic carbocycles. The lowest BCUT2D eigenvalue weighted by molar-refractivity contribution is 0.302. The Kier molecular flexibility index (Phi) is 6.28.